The molecule has 47 heavy (non-hydrogen) atoms. The first-order valence-electron chi connectivity index (χ1n) is 15.7. The van der Waals surface area contributed by atoms with Crippen molar-refractivity contribution < 1.29 is 39.4 Å². The van der Waals surface area contributed by atoms with E-state index in [9.17, 15) is 25.5 Å². The Morgan fingerprint density at radius 2 is 1.62 bits per heavy atom. The first-order chi connectivity index (χ1) is 22.5. The van der Waals surface area contributed by atoms with Gasteiger partial charge in [-0.05, 0) is 87.7 Å². The molecule has 2 aliphatic heterocycles. The third-order valence-corrected chi connectivity index (χ3v) is 9.77. The Morgan fingerprint density at radius 1 is 0.851 bits per heavy atom. The highest BCUT2D eigenvalue weighted by Crippen LogP contribution is 2.65. The molecule has 4 atom stereocenters. The van der Waals surface area contributed by atoms with Crippen LogP contribution in [0.5, 0.6) is 40.2 Å². The molecule has 0 spiro atoms. The number of hydrogen-bond acceptors (Lipinski definition) is 8. The van der Waals surface area contributed by atoms with Crippen LogP contribution >= 0.6 is 0 Å². The zero-order chi connectivity index (χ0) is 32.8. The fraction of sp³-hybridized carbons (Fsp3) is 0.231. The number of aromatic hydroxyl groups is 5. The van der Waals surface area contributed by atoms with Crippen LogP contribution in [0.1, 0.15) is 61.3 Å². The Labute approximate surface area is 271 Å². The number of hydrogen-bond donors (Lipinski definition) is 5. The van der Waals surface area contributed by atoms with Crippen molar-refractivity contribution in [2.75, 3.05) is 0 Å². The Bertz CT molecular complexity index is 2170. The third-order valence-electron chi connectivity index (χ3n) is 9.77. The molecule has 3 heterocycles. The molecule has 0 saturated carbocycles. The summed E-state index contributed by atoms with van der Waals surface area (Å²) in [5.41, 5.74) is 5.38. The second kappa shape index (κ2) is 10.3. The number of benzene rings is 4. The number of ether oxygens (including phenoxy) is 2. The maximum atomic E-state index is 11.9. The molecule has 1 aromatic heterocycles. The number of furan rings is 1. The first-order valence-corrected chi connectivity index (χ1v) is 15.7. The maximum Gasteiger partial charge on any atom is 0.285 e. The molecule has 1 unspecified atom stereocenters. The van der Waals surface area contributed by atoms with Gasteiger partial charge in [0, 0.05) is 46.0 Å². The fourth-order valence-electron chi connectivity index (χ4n) is 7.71. The Hall–Kier alpha value is -5.50. The van der Waals surface area contributed by atoms with E-state index in [1.54, 1.807) is 48.5 Å². The summed E-state index contributed by atoms with van der Waals surface area (Å²) in [6.07, 6.45) is 5.03. The predicted molar refractivity (Wildman–Crippen MR) is 176 cm³/mol. The normalized spacial score (nSPS) is 22.3. The topological polar surface area (TPSA) is 133 Å². The molecule has 5 N–H and O–H groups in total. The molecule has 4 aromatic carbocycles. The van der Waals surface area contributed by atoms with Gasteiger partial charge in [-0.3, -0.25) is 0 Å². The van der Waals surface area contributed by atoms with Gasteiger partial charge in [-0.15, -0.1) is 0 Å². The van der Waals surface area contributed by atoms with E-state index in [1.807, 2.05) is 32.1 Å². The molecule has 8 rings (SSSR count). The number of allylic oxidation sites excluding steroid dienone is 4. The van der Waals surface area contributed by atoms with E-state index in [0.717, 1.165) is 22.1 Å². The first kappa shape index (κ1) is 28.9. The van der Waals surface area contributed by atoms with Crippen LogP contribution in [0, 0.1) is 5.92 Å². The lowest BCUT2D eigenvalue weighted by molar-refractivity contribution is -0.198. The summed E-state index contributed by atoms with van der Waals surface area (Å²) in [6.45, 7) is 5.96. The number of phenolic OH excluding ortho intramolecular Hbond substituents is 5. The molecule has 0 bridgehead atoms. The van der Waals surface area contributed by atoms with Crippen LogP contribution in [-0.4, -0.2) is 25.5 Å². The fourth-order valence-corrected chi connectivity index (χ4v) is 7.71. The van der Waals surface area contributed by atoms with Crippen molar-refractivity contribution in [2.45, 2.75) is 51.2 Å². The van der Waals surface area contributed by atoms with E-state index < -0.39 is 11.7 Å². The third kappa shape index (κ3) is 4.42. The quantitative estimate of drug-likeness (QED) is 0.125. The molecule has 238 valence electrons. The van der Waals surface area contributed by atoms with Gasteiger partial charge in [-0.25, -0.2) is 0 Å². The van der Waals surface area contributed by atoms with Crippen molar-refractivity contribution in [3.63, 3.8) is 0 Å². The molecule has 3 aliphatic rings. The highest BCUT2D eigenvalue weighted by Gasteiger charge is 2.62. The Morgan fingerprint density at radius 3 is 2.43 bits per heavy atom. The van der Waals surface area contributed by atoms with Crippen LogP contribution in [0.2, 0.25) is 0 Å². The number of rotatable bonds is 4. The number of fused-ring (bicyclic) bond motifs is 5. The molecule has 8 heteroatoms. The van der Waals surface area contributed by atoms with Crippen LogP contribution in [-0.2, 0) is 12.2 Å². The van der Waals surface area contributed by atoms with Crippen LogP contribution in [0.3, 0.4) is 0 Å². The molecule has 1 aliphatic carbocycles. The lowest BCUT2D eigenvalue weighted by Crippen LogP contribution is -2.56. The van der Waals surface area contributed by atoms with Crippen molar-refractivity contribution in [2.24, 2.45) is 5.92 Å². The largest absolute Gasteiger partial charge is 0.508 e. The zero-order valence-corrected chi connectivity index (χ0v) is 26.1. The van der Waals surface area contributed by atoms with E-state index in [4.69, 9.17) is 13.9 Å². The summed E-state index contributed by atoms with van der Waals surface area (Å²) in [5, 5.41) is 55.8. The average Bonchev–Trinajstić information content (AvgIpc) is 3.43. The van der Waals surface area contributed by atoms with Crippen molar-refractivity contribution in [1.29, 1.82) is 0 Å². The molecule has 0 saturated heterocycles. The minimum absolute atomic E-state index is 0.0276. The smallest absolute Gasteiger partial charge is 0.285 e. The zero-order valence-electron chi connectivity index (χ0n) is 26.1. The van der Waals surface area contributed by atoms with E-state index in [0.29, 0.717) is 57.9 Å². The summed E-state index contributed by atoms with van der Waals surface area (Å²) in [5.74, 6) is -1.39. The summed E-state index contributed by atoms with van der Waals surface area (Å²) >= 11 is 0. The van der Waals surface area contributed by atoms with Gasteiger partial charge in [0.15, 0.2) is 0 Å². The van der Waals surface area contributed by atoms with E-state index in [-0.39, 0.29) is 40.6 Å². The van der Waals surface area contributed by atoms with Gasteiger partial charge < -0.3 is 39.4 Å². The molecule has 0 radical (unpaired) electrons. The predicted octanol–water partition coefficient (Wildman–Crippen LogP) is 8.61. The second-order valence-corrected chi connectivity index (χ2v) is 13.2. The van der Waals surface area contributed by atoms with Gasteiger partial charge >= 0.3 is 0 Å². The molecule has 0 fully saturated rings. The lowest BCUT2D eigenvalue weighted by Gasteiger charge is -2.55. The van der Waals surface area contributed by atoms with Gasteiger partial charge in [0.1, 0.15) is 51.6 Å². The number of phenols is 5. The maximum absolute atomic E-state index is 11.9. The van der Waals surface area contributed by atoms with Gasteiger partial charge in [0.05, 0.1) is 11.5 Å². The van der Waals surface area contributed by atoms with Gasteiger partial charge in [-0.1, -0.05) is 29.4 Å². The molecular formula is C39H34O8. The van der Waals surface area contributed by atoms with Crippen molar-refractivity contribution >= 4 is 11.0 Å². The van der Waals surface area contributed by atoms with Crippen molar-refractivity contribution in [3.8, 4) is 51.6 Å². The van der Waals surface area contributed by atoms with Gasteiger partial charge in [0.25, 0.3) is 5.79 Å². The lowest BCUT2D eigenvalue weighted by atomic mass is 9.61. The minimum Gasteiger partial charge on any atom is -0.508 e. The average molecular weight is 631 g/mol. The van der Waals surface area contributed by atoms with E-state index in [2.05, 4.69) is 13.0 Å². The molecule has 0 amide bonds. The summed E-state index contributed by atoms with van der Waals surface area (Å²) in [7, 11) is 0. The van der Waals surface area contributed by atoms with Crippen molar-refractivity contribution in [1.82, 2.24) is 0 Å². The Kier molecular flexibility index (Phi) is 6.31. The second-order valence-electron chi connectivity index (χ2n) is 13.2. The van der Waals surface area contributed by atoms with E-state index >= 15 is 0 Å². The van der Waals surface area contributed by atoms with Crippen molar-refractivity contribution in [3.05, 3.63) is 112 Å². The summed E-state index contributed by atoms with van der Waals surface area (Å²) < 4.78 is 19.9. The van der Waals surface area contributed by atoms with E-state index in [1.165, 1.54) is 6.07 Å². The van der Waals surface area contributed by atoms with Crippen LogP contribution in [0.15, 0.2) is 94.4 Å². The van der Waals surface area contributed by atoms with Crippen LogP contribution in [0.25, 0.3) is 22.3 Å². The Balaban J connectivity index is 1.38. The van der Waals surface area contributed by atoms with Crippen LogP contribution in [0.4, 0.5) is 0 Å². The molecule has 5 aromatic rings. The highest BCUT2D eigenvalue weighted by molar-refractivity contribution is 5.84. The SMILES string of the molecule is CC(C)=CCc1c(O)ccc(C23Oc4cc(O)ccc4[C@H]4CC(C)=C[C@H](c5c(O)cc(-c6cc7ccc(O)cc7o6)cc5O2)[C@@H]43)c1O. The van der Waals surface area contributed by atoms with Gasteiger partial charge in [0.2, 0.25) is 0 Å². The van der Waals surface area contributed by atoms with Crippen LogP contribution < -0.4 is 9.47 Å². The summed E-state index contributed by atoms with van der Waals surface area (Å²) in [6, 6.07) is 18.4. The highest BCUT2D eigenvalue weighted by atomic mass is 16.7. The van der Waals surface area contributed by atoms with Gasteiger partial charge in [-0.2, -0.15) is 0 Å². The minimum atomic E-state index is -1.61. The standard InChI is InChI=1S/C39H34O8/c1-19(2)4-8-26-30(42)11-10-29(38(26)44)39-37-27(25-9-7-24(41)18-34(25)46-39)12-20(3)13-28(37)36-31(43)14-22(16-35(36)47-39)32-15-21-5-6-23(40)17-33(21)45-32/h4-7,9-11,13-18,27-28,37,40-44H,8,12H2,1-3H3/t27-,28-,37-,39?/m1/s1. The molecule has 8 nitrogen and oxygen atoms in total. The molecular weight excluding hydrogens is 596 g/mol. The monoisotopic (exact) mass is 630 g/mol. The summed E-state index contributed by atoms with van der Waals surface area (Å²) in [4.78, 5) is 0.